The maximum atomic E-state index is 8.78. The minimum absolute atomic E-state index is 0.890. The van der Waals surface area contributed by atoms with Crippen LogP contribution in [0.15, 0.2) is 43.2 Å². The third-order valence-electron chi connectivity index (χ3n) is 1.12. The SMILES string of the molecule is C=CC[n+]1ccccc1.[O]=[Al][Cl]. The second-order valence-electron chi connectivity index (χ2n) is 1.95. The van der Waals surface area contributed by atoms with Crippen LogP contribution in [-0.2, 0) is 10.3 Å². The molecule has 12 heavy (non-hydrogen) atoms. The quantitative estimate of drug-likeness (QED) is 0.399. The van der Waals surface area contributed by atoms with Gasteiger partial charge in [-0.05, 0) is 6.08 Å². The number of hydrogen-bond donors (Lipinski definition) is 0. The monoisotopic (exact) mass is 198 g/mol. The van der Waals surface area contributed by atoms with E-state index in [0.717, 1.165) is 6.54 Å². The van der Waals surface area contributed by atoms with E-state index in [4.69, 9.17) is 3.80 Å². The van der Waals surface area contributed by atoms with Crippen molar-refractivity contribution < 1.29 is 8.37 Å². The molecule has 1 aromatic heterocycles. The summed E-state index contributed by atoms with van der Waals surface area (Å²) in [7, 11) is 4.53. The molecule has 0 atom stereocenters. The second kappa shape index (κ2) is 8.61. The molecule has 0 aromatic carbocycles. The summed E-state index contributed by atoms with van der Waals surface area (Å²) in [6, 6.07) is 6.01. The summed E-state index contributed by atoms with van der Waals surface area (Å²) in [4.78, 5) is 0. The predicted octanol–water partition coefficient (Wildman–Crippen LogP) is 1.35. The predicted molar refractivity (Wildman–Crippen MR) is 49.1 cm³/mol. The zero-order valence-corrected chi connectivity index (χ0v) is 8.60. The molecule has 0 N–H and O–H groups in total. The van der Waals surface area contributed by atoms with E-state index in [2.05, 4.69) is 21.2 Å². The Labute approximate surface area is 82.6 Å². The Hall–Kier alpha value is -0.488. The fourth-order valence-corrected chi connectivity index (χ4v) is 0.705. The molecule has 0 bridgehead atoms. The van der Waals surface area contributed by atoms with Crippen LogP contribution in [-0.4, -0.2) is 14.2 Å². The van der Waals surface area contributed by atoms with Crippen LogP contribution >= 0.6 is 10.0 Å². The van der Waals surface area contributed by atoms with Crippen LogP contribution < -0.4 is 4.57 Å². The van der Waals surface area contributed by atoms with Crippen molar-refractivity contribution in [3.63, 3.8) is 0 Å². The van der Waals surface area contributed by atoms with E-state index in [1.807, 2.05) is 36.7 Å². The van der Waals surface area contributed by atoms with E-state index in [1.165, 1.54) is 0 Å². The van der Waals surface area contributed by atoms with E-state index < -0.39 is 14.2 Å². The van der Waals surface area contributed by atoms with Crippen molar-refractivity contribution in [1.82, 2.24) is 0 Å². The number of allylic oxidation sites excluding steroid dienone is 1. The molecule has 0 saturated heterocycles. The number of rotatable bonds is 2. The molecule has 0 radical (unpaired) electrons. The van der Waals surface area contributed by atoms with Crippen molar-refractivity contribution in [2.24, 2.45) is 0 Å². The van der Waals surface area contributed by atoms with Gasteiger partial charge in [0.2, 0.25) is 0 Å². The third kappa shape index (κ3) is 6.24. The van der Waals surface area contributed by atoms with E-state index in [0.29, 0.717) is 0 Å². The molecule has 0 aliphatic heterocycles. The summed E-state index contributed by atoms with van der Waals surface area (Å²) in [5.41, 5.74) is 0. The Morgan fingerprint density at radius 1 is 1.42 bits per heavy atom. The molecule has 0 unspecified atom stereocenters. The minimum atomic E-state index is -1.03. The van der Waals surface area contributed by atoms with Crippen LogP contribution in [0.5, 0.6) is 0 Å². The molecule has 1 rings (SSSR count). The van der Waals surface area contributed by atoms with Gasteiger partial charge in [0.1, 0.15) is 0 Å². The van der Waals surface area contributed by atoms with Crippen LogP contribution in [0, 0.1) is 0 Å². The number of pyridine rings is 1. The molecule has 62 valence electrons. The summed E-state index contributed by atoms with van der Waals surface area (Å²) in [5, 5.41) is 0. The van der Waals surface area contributed by atoms with Gasteiger partial charge in [0.05, 0.1) is 0 Å². The Morgan fingerprint density at radius 3 is 2.33 bits per heavy atom. The first-order chi connectivity index (χ1) is 5.85. The van der Waals surface area contributed by atoms with E-state index in [9.17, 15) is 0 Å². The van der Waals surface area contributed by atoms with Gasteiger partial charge in [-0.2, -0.15) is 0 Å². The van der Waals surface area contributed by atoms with Gasteiger partial charge < -0.3 is 0 Å². The average Bonchev–Trinajstić information content (AvgIpc) is 2.08. The van der Waals surface area contributed by atoms with Gasteiger partial charge in [-0.25, -0.2) is 4.57 Å². The van der Waals surface area contributed by atoms with Crippen molar-refractivity contribution in [2.45, 2.75) is 6.54 Å². The molecule has 0 aliphatic carbocycles. The van der Waals surface area contributed by atoms with Gasteiger partial charge in [0.25, 0.3) is 0 Å². The number of nitrogens with zero attached hydrogens (tertiary/aromatic N) is 1. The van der Waals surface area contributed by atoms with E-state index >= 15 is 0 Å². The van der Waals surface area contributed by atoms with Crippen molar-refractivity contribution in [3.8, 4) is 0 Å². The van der Waals surface area contributed by atoms with Crippen LogP contribution in [0.3, 0.4) is 0 Å². The van der Waals surface area contributed by atoms with E-state index in [-0.39, 0.29) is 0 Å². The first-order valence-electron chi connectivity index (χ1n) is 3.44. The zero-order chi connectivity index (χ0) is 9.23. The van der Waals surface area contributed by atoms with Crippen molar-refractivity contribution in [2.75, 3.05) is 0 Å². The topological polar surface area (TPSA) is 20.9 Å². The Morgan fingerprint density at radius 2 is 1.92 bits per heavy atom. The van der Waals surface area contributed by atoms with Crippen molar-refractivity contribution in [3.05, 3.63) is 43.2 Å². The molecule has 0 spiro atoms. The molecule has 1 aromatic rings. The molecule has 4 heteroatoms. The van der Waals surface area contributed by atoms with Gasteiger partial charge in [0, 0.05) is 12.1 Å². The Kier molecular flexibility index (Phi) is 8.26. The van der Waals surface area contributed by atoms with E-state index in [1.54, 1.807) is 0 Å². The first-order valence-corrected chi connectivity index (χ1v) is 5.65. The number of halogens is 1. The second-order valence-corrected chi connectivity index (χ2v) is 2.66. The molecule has 1 heterocycles. The summed E-state index contributed by atoms with van der Waals surface area (Å²) in [6.45, 7) is 4.52. The molecule has 0 fully saturated rings. The molecule has 0 aliphatic rings. The molecule has 0 saturated carbocycles. The van der Waals surface area contributed by atoms with Crippen LogP contribution in [0.4, 0.5) is 0 Å². The molecular formula is C8H10AlClNO+. The fraction of sp³-hybridized carbons (Fsp3) is 0.125. The third-order valence-corrected chi connectivity index (χ3v) is 1.12. The van der Waals surface area contributed by atoms with Crippen LogP contribution in [0.25, 0.3) is 0 Å². The summed E-state index contributed by atoms with van der Waals surface area (Å²) in [5.74, 6) is 0. The zero-order valence-electron chi connectivity index (χ0n) is 6.69. The summed E-state index contributed by atoms with van der Waals surface area (Å²) in [6.07, 6.45) is 5.91. The van der Waals surface area contributed by atoms with Gasteiger partial charge in [0.15, 0.2) is 18.9 Å². The standard InChI is InChI=1S/C8H10N.Al.ClH.O/c1-2-6-9-7-4-3-5-8-9;;;/h2-5,7-8H,1,6H2;;1H;/q2*+1;;/p-1. The van der Waals surface area contributed by atoms with Crippen LogP contribution in [0.1, 0.15) is 0 Å². The Balaban J connectivity index is 0.000000354. The van der Waals surface area contributed by atoms with Gasteiger partial charge in [-0.15, -0.1) is 0 Å². The average molecular weight is 199 g/mol. The van der Waals surface area contributed by atoms with Crippen molar-refractivity contribution in [1.29, 1.82) is 0 Å². The van der Waals surface area contributed by atoms with Gasteiger partial charge in [-0.3, -0.25) is 0 Å². The molecule has 0 amide bonds. The maximum absolute atomic E-state index is 8.78. The molecule has 2 nitrogen and oxygen atoms in total. The number of hydrogen-bond acceptors (Lipinski definition) is 1. The van der Waals surface area contributed by atoms with Crippen molar-refractivity contribution >= 4 is 24.3 Å². The summed E-state index contributed by atoms with van der Waals surface area (Å²) < 4.78 is 10.8. The fourth-order valence-electron chi connectivity index (χ4n) is 0.705. The van der Waals surface area contributed by atoms with Gasteiger partial charge >= 0.3 is 28.1 Å². The van der Waals surface area contributed by atoms with Gasteiger partial charge in [-0.1, -0.05) is 12.6 Å². The Bertz CT molecular complexity index is 228. The first kappa shape index (κ1) is 11.5. The van der Waals surface area contributed by atoms with Crippen LogP contribution in [0.2, 0.25) is 0 Å². The summed E-state index contributed by atoms with van der Waals surface area (Å²) >= 11 is -1.03. The molecular weight excluding hydrogens is 189 g/mol. The normalized spacial score (nSPS) is 7.42. The number of aromatic nitrogens is 1.